The van der Waals surface area contributed by atoms with Crippen molar-refractivity contribution in [2.24, 2.45) is 11.8 Å². The summed E-state index contributed by atoms with van der Waals surface area (Å²) in [7, 11) is 0. The van der Waals surface area contributed by atoms with Gasteiger partial charge in [0.25, 0.3) is 0 Å². The van der Waals surface area contributed by atoms with E-state index in [-0.39, 0.29) is 24.0 Å². The molecule has 0 aromatic rings. The highest BCUT2D eigenvalue weighted by atomic mass is 16.5. The van der Waals surface area contributed by atoms with Gasteiger partial charge >= 0.3 is 5.97 Å². The Morgan fingerprint density at radius 1 is 1.25 bits per heavy atom. The lowest BCUT2D eigenvalue weighted by Gasteiger charge is -2.40. The van der Waals surface area contributed by atoms with Crippen molar-refractivity contribution in [3.05, 3.63) is 0 Å². The molecular formula is C15H23NO4. The molecule has 5 heteroatoms. The number of carbonyl (C=O) groups excluding carboxylic acids is 1. The minimum atomic E-state index is -0.795. The molecule has 1 aliphatic carbocycles. The predicted octanol–water partition coefficient (Wildman–Crippen LogP) is 1.70. The second-order valence-corrected chi connectivity index (χ2v) is 6.76. The number of rotatable bonds is 3. The summed E-state index contributed by atoms with van der Waals surface area (Å²) in [5, 5.41) is 12.4. The number of ether oxygens (including phenoxy) is 1. The normalized spacial score (nSPS) is 43.5. The lowest BCUT2D eigenvalue weighted by molar-refractivity contribution is -0.147. The fourth-order valence-corrected chi connectivity index (χ4v) is 4.17. The fourth-order valence-electron chi connectivity index (χ4n) is 4.17. The molecule has 2 bridgehead atoms. The van der Waals surface area contributed by atoms with Crippen molar-refractivity contribution in [3.63, 3.8) is 0 Å². The van der Waals surface area contributed by atoms with E-state index >= 15 is 0 Å². The first-order chi connectivity index (χ1) is 9.49. The van der Waals surface area contributed by atoms with Crippen molar-refractivity contribution in [3.8, 4) is 0 Å². The third kappa shape index (κ3) is 2.32. The Bertz CT molecular complexity index is 424. The van der Waals surface area contributed by atoms with Gasteiger partial charge < -0.3 is 15.2 Å². The molecule has 3 rings (SSSR count). The SMILES string of the molecule is CC1(NC(=O)C2CC3CCC2O3)CCCCC1C(=O)O. The van der Waals surface area contributed by atoms with Crippen LogP contribution in [0.15, 0.2) is 0 Å². The molecule has 2 N–H and O–H groups in total. The summed E-state index contributed by atoms with van der Waals surface area (Å²) >= 11 is 0. The Kier molecular flexibility index (Phi) is 3.48. The Hall–Kier alpha value is -1.10. The van der Waals surface area contributed by atoms with E-state index in [0.717, 1.165) is 38.5 Å². The summed E-state index contributed by atoms with van der Waals surface area (Å²) < 4.78 is 5.73. The van der Waals surface area contributed by atoms with Crippen LogP contribution in [0.3, 0.4) is 0 Å². The fraction of sp³-hybridized carbons (Fsp3) is 0.867. The van der Waals surface area contributed by atoms with Crippen LogP contribution in [0, 0.1) is 11.8 Å². The van der Waals surface area contributed by atoms with Crippen LogP contribution < -0.4 is 5.32 Å². The summed E-state index contributed by atoms with van der Waals surface area (Å²) in [6, 6.07) is 0. The third-order valence-electron chi connectivity index (χ3n) is 5.36. The zero-order chi connectivity index (χ0) is 14.3. The number of hydrogen-bond acceptors (Lipinski definition) is 3. The van der Waals surface area contributed by atoms with Crippen molar-refractivity contribution in [1.29, 1.82) is 0 Å². The molecule has 112 valence electrons. The van der Waals surface area contributed by atoms with Gasteiger partial charge in [0.05, 0.1) is 29.6 Å². The van der Waals surface area contributed by atoms with Crippen LogP contribution in [0.5, 0.6) is 0 Å². The van der Waals surface area contributed by atoms with Gasteiger partial charge in [0.15, 0.2) is 0 Å². The number of carboxylic acids is 1. The first-order valence-electron chi connectivity index (χ1n) is 7.70. The molecule has 0 spiro atoms. The first-order valence-corrected chi connectivity index (χ1v) is 7.70. The maximum Gasteiger partial charge on any atom is 0.308 e. The summed E-state index contributed by atoms with van der Waals surface area (Å²) in [4.78, 5) is 23.9. The number of nitrogens with one attached hydrogen (secondary N) is 1. The number of amides is 1. The summed E-state index contributed by atoms with van der Waals surface area (Å²) in [5.74, 6) is -1.36. The summed E-state index contributed by atoms with van der Waals surface area (Å²) in [6.45, 7) is 1.89. The molecule has 3 fully saturated rings. The molecule has 1 saturated carbocycles. The van der Waals surface area contributed by atoms with Gasteiger partial charge in [-0.1, -0.05) is 12.8 Å². The van der Waals surface area contributed by atoms with Gasteiger partial charge in [-0.3, -0.25) is 9.59 Å². The minimum absolute atomic E-state index is 0.00662. The van der Waals surface area contributed by atoms with E-state index in [9.17, 15) is 14.7 Å². The highest BCUT2D eigenvalue weighted by Crippen LogP contribution is 2.40. The van der Waals surface area contributed by atoms with Crippen LogP contribution in [-0.2, 0) is 14.3 Å². The van der Waals surface area contributed by atoms with Crippen LogP contribution in [0.25, 0.3) is 0 Å². The molecule has 5 nitrogen and oxygen atoms in total. The molecule has 2 aliphatic heterocycles. The van der Waals surface area contributed by atoms with Gasteiger partial charge in [-0.15, -0.1) is 0 Å². The summed E-state index contributed by atoms with van der Waals surface area (Å²) in [6.07, 6.45) is 6.42. The average molecular weight is 281 g/mol. The van der Waals surface area contributed by atoms with Crippen LogP contribution in [-0.4, -0.2) is 34.7 Å². The third-order valence-corrected chi connectivity index (χ3v) is 5.36. The number of carbonyl (C=O) groups is 2. The molecule has 1 amide bonds. The topological polar surface area (TPSA) is 75.6 Å². The Morgan fingerprint density at radius 2 is 2.05 bits per heavy atom. The molecular weight excluding hydrogens is 258 g/mol. The van der Waals surface area contributed by atoms with Gasteiger partial charge in [0.2, 0.25) is 5.91 Å². The number of aliphatic carboxylic acids is 1. The average Bonchev–Trinajstić information content (AvgIpc) is 3.00. The van der Waals surface area contributed by atoms with E-state index in [1.165, 1.54) is 0 Å². The molecule has 5 atom stereocenters. The number of hydrogen-bond donors (Lipinski definition) is 2. The molecule has 3 aliphatic rings. The molecule has 0 aromatic heterocycles. The smallest absolute Gasteiger partial charge is 0.308 e. The van der Waals surface area contributed by atoms with Crippen molar-refractivity contribution in [1.82, 2.24) is 5.32 Å². The zero-order valence-corrected chi connectivity index (χ0v) is 11.9. The van der Waals surface area contributed by atoms with Crippen LogP contribution in [0.4, 0.5) is 0 Å². The monoisotopic (exact) mass is 281 g/mol. The van der Waals surface area contributed by atoms with E-state index in [1.54, 1.807) is 0 Å². The lowest BCUT2D eigenvalue weighted by atomic mass is 9.73. The molecule has 0 radical (unpaired) electrons. The molecule has 2 heterocycles. The van der Waals surface area contributed by atoms with E-state index < -0.39 is 17.4 Å². The van der Waals surface area contributed by atoms with Crippen LogP contribution in [0.2, 0.25) is 0 Å². The van der Waals surface area contributed by atoms with E-state index in [4.69, 9.17) is 4.74 Å². The largest absolute Gasteiger partial charge is 0.481 e. The van der Waals surface area contributed by atoms with E-state index in [0.29, 0.717) is 6.42 Å². The Morgan fingerprint density at radius 3 is 2.65 bits per heavy atom. The van der Waals surface area contributed by atoms with Crippen molar-refractivity contribution in [2.45, 2.75) is 69.6 Å². The highest BCUT2D eigenvalue weighted by molar-refractivity contribution is 5.82. The zero-order valence-electron chi connectivity index (χ0n) is 11.9. The van der Waals surface area contributed by atoms with Crippen molar-refractivity contribution >= 4 is 11.9 Å². The van der Waals surface area contributed by atoms with Crippen molar-refractivity contribution < 1.29 is 19.4 Å². The maximum absolute atomic E-state index is 12.5. The quantitative estimate of drug-likeness (QED) is 0.825. The maximum atomic E-state index is 12.5. The summed E-state index contributed by atoms with van der Waals surface area (Å²) in [5.41, 5.74) is -0.608. The van der Waals surface area contributed by atoms with E-state index in [2.05, 4.69) is 5.32 Å². The predicted molar refractivity (Wildman–Crippen MR) is 72.1 cm³/mol. The standard InChI is InChI=1S/C15H23NO4/c1-15(7-3-2-4-11(15)14(18)19)16-13(17)10-8-9-5-6-12(10)20-9/h9-12H,2-8H2,1H3,(H,16,17)(H,18,19). The minimum Gasteiger partial charge on any atom is -0.481 e. The van der Waals surface area contributed by atoms with Gasteiger partial charge in [-0.2, -0.15) is 0 Å². The Labute approximate surface area is 119 Å². The molecule has 2 saturated heterocycles. The molecule has 5 unspecified atom stereocenters. The van der Waals surface area contributed by atoms with Gasteiger partial charge in [-0.25, -0.2) is 0 Å². The van der Waals surface area contributed by atoms with Gasteiger partial charge in [0, 0.05) is 0 Å². The van der Waals surface area contributed by atoms with Crippen LogP contribution >= 0.6 is 0 Å². The highest BCUT2D eigenvalue weighted by Gasteiger charge is 2.48. The Balaban J connectivity index is 1.68. The second kappa shape index (κ2) is 5.02. The molecule has 0 aromatic carbocycles. The molecule has 20 heavy (non-hydrogen) atoms. The number of carboxylic acid groups (broad SMARTS) is 1. The van der Waals surface area contributed by atoms with E-state index in [1.807, 2.05) is 6.92 Å². The number of fused-ring (bicyclic) bond motifs is 2. The second-order valence-electron chi connectivity index (χ2n) is 6.76. The van der Waals surface area contributed by atoms with Gasteiger partial charge in [-0.05, 0) is 39.0 Å². The lowest BCUT2D eigenvalue weighted by Crippen LogP contribution is -2.57. The van der Waals surface area contributed by atoms with Crippen LogP contribution in [0.1, 0.15) is 51.9 Å². The van der Waals surface area contributed by atoms with Gasteiger partial charge in [0.1, 0.15) is 0 Å². The first kappa shape index (κ1) is 13.9. The van der Waals surface area contributed by atoms with Crippen molar-refractivity contribution in [2.75, 3.05) is 0 Å².